The van der Waals surface area contributed by atoms with Crippen molar-refractivity contribution in [2.75, 3.05) is 4.90 Å². The van der Waals surface area contributed by atoms with Crippen molar-refractivity contribution in [1.29, 1.82) is 0 Å². The van der Waals surface area contributed by atoms with Crippen molar-refractivity contribution >= 4 is 11.6 Å². The van der Waals surface area contributed by atoms with Gasteiger partial charge < -0.3 is 9.42 Å². The molecule has 4 rings (SSSR count). The Morgan fingerprint density at radius 2 is 2.09 bits per heavy atom. The zero-order chi connectivity index (χ0) is 15.3. The molecule has 1 fully saturated rings. The van der Waals surface area contributed by atoms with Crippen LogP contribution >= 0.6 is 0 Å². The predicted octanol–water partition coefficient (Wildman–Crippen LogP) is 3.23. The van der Waals surface area contributed by atoms with E-state index < -0.39 is 0 Å². The van der Waals surface area contributed by atoms with Gasteiger partial charge in [-0.25, -0.2) is 0 Å². The standard InChI is InChI=1S/C17H19N3O2/c1-10(2)16-18-15(19-22-16)14-9-12-5-3-4-6-13(12)20(14)17(21)11-7-8-11/h3-6,10-11,14H,7-9H2,1-2H3. The normalized spacial score (nSPS) is 20.5. The largest absolute Gasteiger partial charge is 0.339 e. The number of carbonyl (C=O) groups excluding carboxylic acids is 1. The van der Waals surface area contributed by atoms with E-state index in [0.29, 0.717) is 11.7 Å². The average Bonchev–Trinajstić information content (AvgIpc) is 3.11. The second-order valence-corrected chi connectivity index (χ2v) is 6.48. The van der Waals surface area contributed by atoms with Crippen molar-refractivity contribution < 1.29 is 9.32 Å². The van der Waals surface area contributed by atoms with Crippen molar-refractivity contribution in [2.45, 2.75) is 45.1 Å². The molecule has 0 saturated heterocycles. The summed E-state index contributed by atoms with van der Waals surface area (Å²) in [6, 6.07) is 7.94. The minimum atomic E-state index is -0.137. The smallest absolute Gasteiger partial charge is 0.230 e. The molecule has 0 radical (unpaired) electrons. The molecule has 1 atom stereocenters. The third-order valence-electron chi connectivity index (χ3n) is 4.39. The van der Waals surface area contributed by atoms with E-state index in [-0.39, 0.29) is 23.8 Å². The Hall–Kier alpha value is -2.17. The van der Waals surface area contributed by atoms with Crippen LogP contribution in [0.3, 0.4) is 0 Å². The van der Waals surface area contributed by atoms with Crippen molar-refractivity contribution in [3.05, 3.63) is 41.5 Å². The van der Waals surface area contributed by atoms with Gasteiger partial charge in [0.1, 0.15) is 6.04 Å². The summed E-state index contributed by atoms with van der Waals surface area (Å²) in [5.74, 6) is 1.81. The molecule has 0 spiro atoms. The molecule has 1 saturated carbocycles. The summed E-state index contributed by atoms with van der Waals surface area (Å²) in [5, 5.41) is 4.13. The van der Waals surface area contributed by atoms with E-state index in [4.69, 9.17) is 4.52 Å². The number of nitrogens with zero attached hydrogens (tertiary/aromatic N) is 3. The Morgan fingerprint density at radius 3 is 2.77 bits per heavy atom. The molecule has 5 nitrogen and oxygen atoms in total. The molecule has 1 aliphatic carbocycles. The fraction of sp³-hybridized carbons (Fsp3) is 0.471. The number of rotatable bonds is 3. The van der Waals surface area contributed by atoms with E-state index in [1.165, 1.54) is 5.56 Å². The van der Waals surface area contributed by atoms with Gasteiger partial charge in [0.15, 0.2) is 5.82 Å². The Kier molecular flexibility index (Phi) is 3.03. The molecule has 22 heavy (non-hydrogen) atoms. The van der Waals surface area contributed by atoms with Crippen LogP contribution in [0.25, 0.3) is 0 Å². The maximum absolute atomic E-state index is 12.7. The fourth-order valence-corrected chi connectivity index (χ4v) is 3.01. The van der Waals surface area contributed by atoms with Crippen LogP contribution in [0.15, 0.2) is 28.8 Å². The number of fused-ring (bicyclic) bond motifs is 1. The average molecular weight is 297 g/mol. The molecule has 1 aromatic carbocycles. The van der Waals surface area contributed by atoms with Crippen LogP contribution in [0.4, 0.5) is 5.69 Å². The Balaban J connectivity index is 1.72. The van der Waals surface area contributed by atoms with E-state index in [1.54, 1.807) is 0 Å². The molecule has 2 heterocycles. The monoisotopic (exact) mass is 297 g/mol. The van der Waals surface area contributed by atoms with Gasteiger partial charge in [-0.2, -0.15) is 4.98 Å². The molecule has 0 bridgehead atoms. The van der Waals surface area contributed by atoms with Gasteiger partial charge in [-0.15, -0.1) is 0 Å². The number of aromatic nitrogens is 2. The van der Waals surface area contributed by atoms with Gasteiger partial charge in [0, 0.05) is 23.9 Å². The number of hydrogen-bond acceptors (Lipinski definition) is 4. The summed E-state index contributed by atoms with van der Waals surface area (Å²) in [5.41, 5.74) is 2.18. The van der Waals surface area contributed by atoms with Gasteiger partial charge in [0.2, 0.25) is 11.8 Å². The summed E-state index contributed by atoms with van der Waals surface area (Å²) in [4.78, 5) is 19.1. The third-order valence-corrected chi connectivity index (χ3v) is 4.39. The fourth-order valence-electron chi connectivity index (χ4n) is 3.01. The van der Waals surface area contributed by atoms with Gasteiger partial charge in [-0.05, 0) is 24.5 Å². The molecule has 0 N–H and O–H groups in total. The Labute approximate surface area is 129 Å². The Bertz CT molecular complexity index is 718. The van der Waals surface area contributed by atoms with Crippen LogP contribution in [0.5, 0.6) is 0 Å². The topological polar surface area (TPSA) is 59.2 Å². The van der Waals surface area contributed by atoms with Gasteiger partial charge >= 0.3 is 0 Å². The highest BCUT2D eigenvalue weighted by Crippen LogP contribution is 2.43. The van der Waals surface area contributed by atoms with Crippen molar-refractivity contribution in [3.8, 4) is 0 Å². The van der Waals surface area contributed by atoms with E-state index in [2.05, 4.69) is 16.2 Å². The summed E-state index contributed by atoms with van der Waals surface area (Å²) in [6.07, 6.45) is 2.74. The van der Waals surface area contributed by atoms with Crippen LogP contribution < -0.4 is 4.90 Å². The maximum atomic E-state index is 12.7. The molecule has 2 aliphatic rings. The lowest BCUT2D eigenvalue weighted by molar-refractivity contribution is -0.120. The van der Waals surface area contributed by atoms with E-state index >= 15 is 0 Å². The summed E-state index contributed by atoms with van der Waals surface area (Å²) < 4.78 is 5.34. The van der Waals surface area contributed by atoms with Crippen molar-refractivity contribution in [1.82, 2.24) is 10.1 Å². The molecule has 1 aromatic heterocycles. The second kappa shape index (κ2) is 4.93. The van der Waals surface area contributed by atoms with Crippen molar-refractivity contribution in [3.63, 3.8) is 0 Å². The zero-order valence-corrected chi connectivity index (χ0v) is 12.8. The first-order chi connectivity index (χ1) is 10.6. The number of benzene rings is 1. The molecular formula is C17H19N3O2. The van der Waals surface area contributed by atoms with E-state index in [1.807, 2.05) is 36.9 Å². The number of para-hydroxylation sites is 1. The molecule has 1 aliphatic heterocycles. The van der Waals surface area contributed by atoms with Crippen LogP contribution in [0.1, 0.15) is 55.9 Å². The quantitative estimate of drug-likeness (QED) is 0.872. The number of hydrogen-bond donors (Lipinski definition) is 0. The molecule has 1 unspecified atom stereocenters. The highest BCUT2D eigenvalue weighted by molar-refractivity contribution is 5.99. The van der Waals surface area contributed by atoms with Crippen LogP contribution in [-0.2, 0) is 11.2 Å². The predicted molar refractivity (Wildman–Crippen MR) is 81.5 cm³/mol. The highest BCUT2D eigenvalue weighted by atomic mass is 16.5. The second-order valence-electron chi connectivity index (χ2n) is 6.48. The first-order valence-corrected chi connectivity index (χ1v) is 7.89. The minimum Gasteiger partial charge on any atom is -0.339 e. The van der Waals surface area contributed by atoms with E-state index in [9.17, 15) is 4.79 Å². The summed E-state index contributed by atoms with van der Waals surface area (Å²) in [7, 11) is 0. The maximum Gasteiger partial charge on any atom is 0.230 e. The number of amides is 1. The molecule has 114 valence electrons. The number of anilines is 1. The first kappa shape index (κ1) is 13.5. The van der Waals surface area contributed by atoms with Gasteiger partial charge in [0.05, 0.1) is 0 Å². The highest BCUT2D eigenvalue weighted by Gasteiger charge is 2.43. The van der Waals surface area contributed by atoms with E-state index in [0.717, 1.165) is 24.9 Å². The SMILES string of the molecule is CC(C)c1nc(C2Cc3ccccc3N2C(=O)C2CC2)no1. The lowest BCUT2D eigenvalue weighted by Gasteiger charge is -2.23. The lowest BCUT2D eigenvalue weighted by atomic mass is 10.1. The summed E-state index contributed by atoms with van der Waals surface area (Å²) in [6.45, 7) is 4.04. The van der Waals surface area contributed by atoms with Gasteiger partial charge in [-0.3, -0.25) is 4.79 Å². The first-order valence-electron chi connectivity index (χ1n) is 7.89. The van der Waals surface area contributed by atoms with Gasteiger partial charge in [-0.1, -0.05) is 37.2 Å². The Morgan fingerprint density at radius 1 is 1.32 bits per heavy atom. The minimum absolute atomic E-state index is 0.137. The summed E-state index contributed by atoms with van der Waals surface area (Å²) >= 11 is 0. The number of carbonyl (C=O) groups is 1. The van der Waals surface area contributed by atoms with Crippen LogP contribution in [-0.4, -0.2) is 16.0 Å². The van der Waals surface area contributed by atoms with Crippen LogP contribution in [0, 0.1) is 5.92 Å². The third kappa shape index (κ3) is 2.12. The van der Waals surface area contributed by atoms with Crippen LogP contribution in [0.2, 0.25) is 0 Å². The van der Waals surface area contributed by atoms with Gasteiger partial charge in [0.25, 0.3) is 0 Å². The molecular weight excluding hydrogens is 278 g/mol. The molecule has 2 aromatic rings. The van der Waals surface area contributed by atoms with Crippen molar-refractivity contribution in [2.24, 2.45) is 5.92 Å². The molecule has 1 amide bonds. The zero-order valence-electron chi connectivity index (χ0n) is 12.8. The molecule has 5 heteroatoms. The lowest BCUT2D eigenvalue weighted by Crippen LogP contribution is -2.33.